The summed E-state index contributed by atoms with van der Waals surface area (Å²) in [6.45, 7) is 7.53. The first-order valence-corrected chi connectivity index (χ1v) is 20.2. The third-order valence-electron chi connectivity index (χ3n) is 11.0. The second-order valence-corrected chi connectivity index (χ2v) is 16.4. The van der Waals surface area contributed by atoms with E-state index in [9.17, 15) is 24.0 Å². The molecule has 6 rings (SSSR count). The first-order valence-electron chi connectivity index (χ1n) is 20.2. The molecule has 59 heavy (non-hydrogen) atoms. The molecule has 0 fully saturated rings. The van der Waals surface area contributed by atoms with E-state index in [0.717, 1.165) is 52.8 Å². The Morgan fingerprint density at radius 1 is 0.847 bits per heavy atom. The molecule has 3 N–H and O–H groups in total. The van der Waals surface area contributed by atoms with E-state index in [4.69, 9.17) is 9.47 Å². The number of esters is 1. The lowest BCUT2D eigenvalue weighted by atomic mass is 9.87. The minimum absolute atomic E-state index is 0.130. The number of ether oxygens (including phenoxy) is 2. The molecule has 4 aromatic rings. The van der Waals surface area contributed by atoms with Crippen LogP contribution in [0.15, 0.2) is 97.1 Å². The van der Waals surface area contributed by atoms with Gasteiger partial charge >= 0.3 is 12.1 Å². The van der Waals surface area contributed by atoms with Crippen LogP contribution in [-0.2, 0) is 56.2 Å². The van der Waals surface area contributed by atoms with Crippen molar-refractivity contribution < 1.29 is 33.4 Å². The Bertz CT molecular complexity index is 2150. The number of aryl methyl sites for hydroxylation is 1. The van der Waals surface area contributed by atoms with Gasteiger partial charge in [0.05, 0.1) is 18.7 Å². The largest absolute Gasteiger partial charge is 0.465 e. The summed E-state index contributed by atoms with van der Waals surface area (Å²) in [5, 5.41) is 9.62. The molecule has 12 heteroatoms. The van der Waals surface area contributed by atoms with Gasteiger partial charge in [0.2, 0.25) is 17.7 Å². The molecule has 0 saturated carbocycles. The minimum Gasteiger partial charge on any atom is -0.465 e. The average molecular weight is 802 g/mol. The van der Waals surface area contributed by atoms with Gasteiger partial charge in [-0.2, -0.15) is 0 Å². The van der Waals surface area contributed by atoms with Crippen molar-refractivity contribution in [2.24, 2.45) is 0 Å². The predicted octanol–water partition coefficient (Wildman–Crippen LogP) is 6.52. The fourth-order valence-electron chi connectivity index (χ4n) is 7.60. The number of hydrogen-bond donors (Lipinski definition) is 3. The molecule has 4 atom stereocenters. The summed E-state index contributed by atoms with van der Waals surface area (Å²) >= 11 is 0. The molecule has 2 aliphatic rings. The zero-order valence-corrected chi connectivity index (χ0v) is 34.7. The van der Waals surface area contributed by atoms with Crippen LogP contribution in [0.25, 0.3) is 0 Å². The van der Waals surface area contributed by atoms with Crippen molar-refractivity contribution in [2.45, 2.75) is 103 Å². The van der Waals surface area contributed by atoms with Crippen molar-refractivity contribution in [1.29, 1.82) is 0 Å². The van der Waals surface area contributed by atoms with Crippen LogP contribution in [0.3, 0.4) is 0 Å². The van der Waals surface area contributed by atoms with Crippen LogP contribution in [0.2, 0.25) is 0 Å². The number of amides is 4. The van der Waals surface area contributed by atoms with Crippen LogP contribution < -0.4 is 16.0 Å². The van der Waals surface area contributed by atoms with Crippen molar-refractivity contribution in [3.05, 3.63) is 136 Å². The lowest BCUT2D eigenvalue weighted by molar-refractivity contribution is -0.145. The fraction of sp³-hybridized carbons (Fsp3) is 0.383. The summed E-state index contributed by atoms with van der Waals surface area (Å²) in [5.74, 6) is -1.58. The number of rotatable bonds is 12. The van der Waals surface area contributed by atoms with Crippen molar-refractivity contribution in [3.63, 3.8) is 0 Å². The molecule has 4 amide bonds. The first kappa shape index (κ1) is 42.4. The maximum atomic E-state index is 15.0. The Labute approximate surface area is 346 Å². The quantitative estimate of drug-likeness (QED) is 0.138. The van der Waals surface area contributed by atoms with Gasteiger partial charge in [-0.05, 0) is 105 Å². The van der Waals surface area contributed by atoms with Gasteiger partial charge in [-0.3, -0.25) is 19.3 Å². The third-order valence-corrected chi connectivity index (χ3v) is 11.0. The van der Waals surface area contributed by atoms with Crippen molar-refractivity contribution in [2.75, 3.05) is 19.5 Å². The molecule has 0 aromatic heterocycles. The van der Waals surface area contributed by atoms with E-state index < -0.39 is 47.6 Å². The van der Waals surface area contributed by atoms with Gasteiger partial charge in [-0.15, -0.1) is 0 Å². The number of anilines is 1. The van der Waals surface area contributed by atoms with Gasteiger partial charge in [0.25, 0.3) is 0 Å². The molecule has 3 unspecified atom stereocenters. The van der Waals surface area contributed by atoms with E-state index in [-0.39, 0.29) is 24.9 Å². The Morgan fingerprint density at radius 2 is 1.49 bits per heavy atom. The summed E-state index contributed by atoms with van der Waals surface area (Å²) < 4.78 is 10.3. The number of likely N-dealkylation sites (N-methyl/N-ethyl adjacent to an activating group) is 1. The lowest BCUT2D eigenvalue weighted by Gasteiger charge is -2.39. The van der Waals surface area contributed by atoms with Gasteiger partial charge in [-0.1, -0.05) is 72.8 Å². The van der Waals surface area contributed by atoms with E-state index in [1.807, 2.05) is 72.8 Å². The molecule has 0 radical (unpaired) electrons. The Morgan fingerprint density at radius 3 is 2.17 bits per heavy atom. The lowest BCUT2D eigenvalue weighted by Crippen LogP contribution is -2.60. The number of carbonyl (C=O) groups excluding carboxylic acids is 5. The maximum Gasteiger partial charge on any atom is 0.410 e. The van der Waals surface area contributed by atoms with Gasteiger partial charge < -0.3 is 30.3 Å². The number of hydrogen-bond acceptors (Lipinski definition) is 8. The van der Waals surface area contributed by atoms with Crippen LogP contribution in [0, 0.1) is 0 Å². The summed E-state index contributed by atoms with van der Waals surface area (Å²) in [7, 11) is 2.83. The number of nitrogens with zero attached hydrogens (tertiary/aromatic N) is 2. The summed E-state index contributed by atoms with van der Waals surface area (Å²) in [5.41, 5.74) is 6.53. The second-order valence-electron chi connectivity index (χ2n) is 16.4. The standard InChI is InChI=1S/C47H55N5O7/c1-30(51(5)46(57)59-47(2,3)4)42(53)50-40(26-31-20-24-37(25-21-31)48-28-32-18-22-34(23-19-32)45(56)58-6)44(55)52-29-36-14-8-7-13-35(36)27-41(52)43(54)49-39-17-11-15-33-12-9-10-16-38(33)39/h7-10,12-14,16,18-25,30,39-41,48H,11,15,17,26-29H2,1-6H3,(H,49,54)(H,50,53)/t30?,39-,40?,41?/m1/s1. The maximum absolute atomic E-state index is 15.0. The highest BCUT2D eigenvalue weighted by Crippen LogP contribution is 2.31. The van der Waals surface area contributed by atoms with Crippen LogP contribution >= 0.6 is 0 Å². The molecule has 4 aromatic carbocycles. The first-order chi connectivity index (χ1) is 28.2. The smallest absolute Gasteiger partial charge is 0.410 e. The van der Waals surface area contributed by atoms with Crippen molar-refractivity contribution in [3.8, 4) is 0 Å². The van der Waals surface area contributed by atoms with Crippen LogP contribution in [0.5, 0.6) is 0 Å². The average Bonchev–Trinajstić information content (AvgIpc) is 3.24. The second kappa shape index (κ2) is 18.6. The molecule has 1 aliphatic carbocycles. The minimum atomic E-state index is -1.07. The molecular weight excluding hydrogens is 747 g/mol. The molecule has 0 spiro atoms. The normalized spacial score (nSPS) is 16.9. The molecule has 310 valence electrons. The summed E-state index contributed by atoms with van der Waals surface area (Å²) in [6.07, 6.45) is 2.49. The van der Waals surface area contributed by atoms with Gasteiger partial charge in [0.15, 0.2) is 0 Å². The van der Waals surface area contributed by atoms with E-state index >= 15 is 0 Å². The van der Waals surface area contributed by atoms with Gasteiger partial charge in [0, 0.05) is 38.7 Å². The molecule has 0 saturated heterocycles. The van der Waals surface area contributed by atoms with E-state index in [1.54, 1.807) is 44.7 Å². The Hall–Kier alpha value is -6.17. The van der Waals surface area contributed by atoms with Gasteiger partial charge in [-0.25, -0.2) is 9.59 Å². The number of carbonyl (C=O) groups is 5. The summed E-state index contributed by atoms with van der Waals surface area (Å²) in [4.78, 5) is 70.9. The molecule has 12 nitrogen and oxygen atoms in total. The zero-order chi connectivity index (χ0) is 42.3. The zero-order valence-electron chi connectivity index (χ0n) is 34.7. The molecular formula is C47H55N5O7. The Balaban J connectivity index is 1.24. The monoisotopic (exact) mass is 801 g/mol. The fourth-order valence-corrected chi connectivity index (χ4v) is 7.60. The van der Waals surface area contributed by atoms with Gasteiger partial charge in [0.1, 0.15) is 23.7 Å². The van der Waals surface area contributed by atoms with Crippen LogP contribution in [0.4, 0.5) is 10.5 Å². The third kappa shape index (κ3) is 10.7. The predicted molar refractivity (Wildman–Crippen MR) is 225 cm³/mol. The molecule has 1 aliphatic heterocycles. The number of nitrogens with one attached hydrogen (secondary N) is 3. The SMILES string of the molecule is COC(=O)c1ccc(CNc2ccc(CC(NC(=O)C(C)N(C)C(=O)OC(C)(C)C)C(=O)N3Cc4ccccc4CC3C(=O)N[C@@H]3CCCc4ccccc43)cc2)cc1. The van der Waals surface area contributed by atoms with E-state index in [2.05, 4.69) is 28.1 Å². The summed E-state index contributed by atoms with van der Waals surface area (Å²) in [6, 6.07) is 27.7. The Kier molecular flexibility index (Phi) is 13.4. The van der Waals surface area contributed by atoms with Crippen LogP contribution in [-0.4, -0.2) is 77.5 Å². The number of fused-ring (bicyclic) bond motifs is 2. The van der Waals surface area contributed by atoms with Crippen LogP contribution in [0.1, 0.15) is 90.3 Å². The highest BCUT2D eigenvalue weighted by molar-refractivity contribution is 5.94. The van der Waals surface area contributed by atoms with Crippen molar-refractivity contribution in [1.82, 2.24) is 20.4 Å². The number of benzene rings is 4. The van der Waals surface area contributed by atoms with E-state index in [0.29, 0.717) is 18.5 Å². The topological polar surface area (TPSA) is 146 Å². The molecule has 1 heterocycles. The molecule has 0 bridgehead atoms. The number of methoxy groups -OCH3 is 1. The highest BCUT2D eigenvalue weighted by Gasteiger charge is 2.40. The highest BCUT2D eigenvalue weighted by atomic mass is 16.6. The van der Waals surface area contributed by atoms with E-state index in [1.165, 1.54) is 24.6 Å². The van der Waals surface area contributed by atoms with Crippen molar-refractivity contribution >= 4 is 35.5 Å².